The largest absolute Gasteiger partial charge is 0.490 e. The molecule has 0 bridgehead atoms. The SMILES string of the molecule is Cc1ncc(C[n+]2csc(CCO)c2C)c(N)n1.O=P(O)(O)OP(=O)(O)OP(=O)(O)O. The third kappa shape index (κ3) is 10.8. The maximum atomic E-state index is 10.4. The van der Waals surface area contributed by atoms with Gasteiger partial charge in [0.1, 0.15) is 11.6 Å². The van der Waals surface area contributed by atoms with Crippen molar-refractivity contribution in [2.75, 3.05) is 12.3 Å². The number of aliphatic hydroxyl groups is 1. The predicted octanol–water partition coefficient (Wildman–Crippen LogP) is -0.0869. The van der Waals surface area contributed by atoms with Crippen LogP contribution < -0.4 is 10.3 Å². The first-order valence-corrected chi connectivity index (χ1v) is 13.5. The molecule has 31 heavy (non-hydrogen) atoms. The molecule has 19 heteroatoms. The van der Waals surface area contributed by atoms with Crippen LogP contribution in [0, 0.1) is 13.8 Å². The fourth-order valence-electron chi connectivity index (χ4n) is 2.05. The molecule has 0 amide bonds. The lowest BCUT2D eigenvalue weighted by Crippen LogP contribution is -2.35. The standard InChI is InChI=1S/C12H17N4OS.H5O10P3/c1-8-11(3-4-17)18-7-16(8)6-10-5-14-9(2)15-12(10)13;1-11(2,3)9-13(7,8)10-12(4,5)6/h5,7,17H,3-4,6H2,1-2H3,(H2,13,14,15);(H,7,8)(H2,1,2,3)(H2,4,5,6)/q+1;. The summed E-state index contributed by atoms with van der Waals surface area (Å²) in [6.45, 7) is 4.71. The van der Waals surface area contributed by atoms with Gasteiger partial charge < -0.3 is 35.3 Å². The van der Waals surface area contributed by atoms with Crippen LogP contribution in [0.25, 0.3) is 0 Å². The third-order valence-corrected chi connectivity index (χ3v) is 7.77. The lowest BCUT2D eigenvalue weighted by atomic mass is 10.2. The Morgan fingerprint density at radius 2 is 1.65 bits per heavy atom. The van der Waals surface area contributed by atoms with Gasteiger partial charge in [0.15, 0.2) is 12.2 Å². The maximum Gasteiger partial charge on any atom is 0.490 e. The molecule has 0 aliphatic carbocycles. The van der Waals surface area contributed by atoms with Crippen LogP contribution in [0.4, 0.5) is 5.82 Å². The summed E-state index contributed by atoms with van der Waals surface area (Å²) in [5.74, 6) is 1.22. The number of aliphatic hydroxyl groups excluding tert-OH is 1. The zero-order valence-corrected chi connectivity index (χ0v) is 19.7. The number of nitrogens with zero attached hydrogens (tertiary/aromatic N) is 3. The molecular weight excluding hydrogens is 501 g/mol. The van der Waals surface area contributed by atoms with Crippen molar-refractivity contribution < 1.29 is 56.5 Å². The van der Waals surface area contributed by atoms with Crippen LogP contribution in [0.2, 0.25) is 0 Å². The van der Waals surface area contributed by atoms with E-state index in [-0.39, 0.29) is 6.61 Å². The lowest BCUT2D eigenvalue weighted by Gasteiger charge is -2.11. The fourth-order valence-corrected chi connectivity index (χ4v) is 5.57. The summed E-state index contributed by atoms with van der Waals surface area (Å²) in [5, 5.41) is 8.98. The first kappa shape index (κ1) is 27.9. The van der Waals surface area contributed by atoms with Crippen molar-refractivity contribution in [1.29, 1.82) is 0 Å². The molecule has 2 aromatic rings. The van der Waals surface area contributed by atoms with Crippen molar-refractivity contribution >= 4 is 40.6 Å². The summed E-state index contributed by atoms with van der Waals surface area (Å²) in [6.07, 6.45) is 2.47. The summed E-state index contributed by atoms with van der Waals surface area (Å²) in [7, 11) is -16.2. The summed E-state index contributed by atoms with van der Waals surface area (Å²) < 4.78 is 38.5. The van der Waals surface area contributed by atoms with E-state index >= 15 is 0 Å². The van der Waals surface area contributed by atoms with Crippen LogP contribution in [0.15, 0.2) is 11.7 Å². The molecule has 2 heterocycles. The van der Waals surface area contributed by atoms with Gasteiger partial charge in [-0.2, -0.15) is 13.2 Å². The highest BCUT2D eigenvalue weighted by molar-refractivity contribution is 7.66. The molecule has 0 aliphatic rings. The van der Waals surface area contributed by atoms with E-state index in [1.165, 1.54) is 4.88 Å². The molecular formula is C12H22N4O11P3S+. The predicted molar refractivity (Wildman–Crippen MR) is 106 cm³/mol. The Bertz CT molecular complexity index is 1010. The van der Waals surface area contributed by atoms with Crippen LogP contribution in [-0.2, 0) is 35.3 Å². The molecule has 0 unspecified atom stereocenters. The van der Waals surface area contributed by atoms with Crippen LogP contribution >= 0.6 is 34.8 Å². The number of thiazole rings is 1. The molecule has 0 radical (unpaired) electrons. The zero-order chi connectivity index (χ0) is 24.0. The third-order valence-electron chi connectivity index (χ3n) is 3.27. The Morgan fingerprint density at radius 3 is 2.10 bits per heavy atom. The average Bonchev–Trinajstić information content (AvgIpc) is 2.87. The van der Waals surface area contributed by atoms with Crippen molar-refractivity contribution in [3.8, 4) is 0 Å². The summed E-state index contributed by atoms with van der Waals surface area (Å²) in [5.41, 5.74) is 10.0. The van der Waals surface area contributed by atoms with Gasteiger partial charge in [-0.3, -0.25) is 0 Å². The van der Waals surface area contributed by atoms with Crippen molar-refractivity contribution in [1.82, 2.24) is 9.97 Å². The minimum absolute atomic E-state index is 0.178. The van der Waals surface area contributed by atoms with E-state index in [0.717, 1.165) is 11.3 Å². The van der Waals surface area contributed by atoms with E-state index in [1.54, 1.807) is 17.5 Å². The number of hydrogen-bond acceptors (Lipinski definition) is 10. The number of nitrogen functional groups attached to an aromatic ring is 1. The molecule has 0 atom stereocenters. The second-order valence-corrected chi connectivity index (χ2v) is 10.9. The molecule has 0 spiro atoms. The highest BCUT2D eigenvalue weighted by Crippen LogP contribution is 2.64. The van der Waals surface area contributed by atoms with Crippen LogP contribution in [0.1, 0.15) is 22.0 Å². The van der Waals surface area contributed by atoms with Gasteiger partial charge in [0.2, 0.25) is 5.51 Å². The number of phosphoric acid groups is 3. The highest BCUT2D eigenvalue weighted by atomic mass is 32.1. The molecule has 8 N–H and O–H groups in total. The molecule has 0 fully saturated rings. The highest BCUT2D eigenvalue weighted by Gasteiger charge is 2.38. The average molecular weight is 523 g/mol. The number of aromatic nitrogens is 3. The Kier molecular flexibility index (Phi) is 10.0. The number of rotatable bonds is 8. The summed E-state index contributed by atoms with van der Waals surface area (Å²) >= 11 is 1.65. The van der Waals surface area contributed by atoms with Crippen molar-refractivity contribution in [3.63, 3.8) is 0 Å². The minimum Gasteiger partial charge on any atom is -0.396 e. The first-order chi connectivity index (χ1) is 14.0. The van der Waals surface area contributed by atoms with Gasteiger partial charge in [-0.05, 0) is 6.92 Å². The second kappa shape index (κ2) is 11.1. The maximum absolute atomic E-state index is 10.4. The van der Waals surface area contributed by atoms with E-state index in [2.05, 4.69) is 23.2 Å². The van der Waals surface area contributed by atoms with Crippen molar-refractivity contribution in [2.45, 2.75) is 26.8 Å². The summed E-state index contributed by atoms with van der Waals surface area (Å²) in [4.78, 5) is 49.7. The fraction of sp³-hybridized carbons (Fsp3) is 0.417. The molecule has 0 aromatic carbocycles. The quantitative estimate of drug-likeness (QED) is 0.177. The molecule has 2 rings (SSSR count). The number of hydrogen-bond donors (Lipinski definition) is 7. The molecule has 0 saturated carbocycles. The van der Waals surface area contributed by atoms with Gasteiger partial charge in [-0.25, -0.2) is 23.7 Å². The smallest absolute Gasteiger partial charge is 0.396 e. The van der Waals surface area contributed by atoms with Gasteiger partial charge in [-0.15, -0.1) is 0 Å². The van der Waals surface area contributed by atoms with E-state index in [4.69, 9.17) is 35.3 Å². The molecule has 15 nitrogen and oxygen atoms in total. The van der Waals surface area contributed by atoms with E-state index in [0.29, 0.717) is 24.6 Å². The lowest BCUT2D eigenvalue weighted by molar-refractivity contribution is -0.689. The van der Waals surface area contributed by atoms with Gasteiger partial charge in [0, 0.05) is 26.1 Å². The molecule has 0 saturated heterocycles. The molecule has 2 aromatic heterocycles. The van der Waals surface area contributed by atoms with Gasteiger partial charge in [0.05, 0.1) is 10.4 Å². The zero-order valence-electron chi connectivity index (χ0n) is 16.2. The molecule has 176 valence electrons. The Hall–Kier alpha value is -1.12. The number of nitrogens with two attached hydrogens (primary N) is 1. The molecule has 0 aliphatic heterocycles. The Balaban J connectivity index is 0.000000330. The second-order valence-electron chi connectivity index (χ2n) is 5.77. The topological polar surface area (TPSA) is 247 Å². The van der Waals surface area contributed by atoms with E-state index < -0.39 is 23.5 Å². The number of aryl methyl sites for hydroxylation is 1. The van der Waals surface area contributed by atoms with Crippen LogP contribution in [0.3, 0.4) is 0 Å². The van der Waals surface area contributed by atoms with Crippen LogP contribution in [0.5, 0.6) is 0 Å². The monoisotopic (exact) mass is 523 g/mol. The van der Waals surface area contributed by atoms with Crippen LogP contribution in [-0.4, -0.2) is 46.1 Å². The van der Waals surface area contributed by atoms with Crippen molar-refractivity contribution in [2.24, 2.45) is 0 Å². The van der Waals surface area contributed by atoms with Gasteiger partial charge in [-0.1, -0.05) is 11.3 Å². The first-order valence-electron chi connectivity index (χ1n) is 8.05. The summed E-state index contributed by atoms with van der Waals surface area (Å²) in [6, 6.07) is 0. The minimum atomic E-state index is -5.46. The Labute approximate surface area is 180 Å². The van der Waals surface area contributed by atoms with Crippen molar-refractivity contribution in [3.05, 3.63) is 33.7 Å². The van der Waals surface area contributed by atoms with Gasteiger partial charge >= 0.3 is 23.5 Å². The van der Waals surface area contributed by atoms with E-state index in [1.807, 2.05) is 19.4 Å². The van der Waals surface area contributed by atoms with Gasteiger partial charge in [0.25, 0.3) is 0 Å². The van der Waals surface area contributed by atoms with E-state index in [9.17, 15) is 13.7 Å². The number of anilines is 1. The normalized spacial score (nSPS) is 12.4. The Morgan fingerprint density at radius 1 is 1.10 bits per heavy atom.